The molecule has 28 heavy (non-hydrogen) atoms. The Kier molecular flexibility index (Phi) is 7.13. The summed E-state index contributed by atoms with van der Waals surface area (Å²) in [5.41, 5.74) is -0.414. The molecule has 0 saturated carbocycles. The molecule has 6 heteroatoms. The van der Waals surface area contributed by atoms with Crippen molar-refractivity contribution in [2.75, 3.05) is 13.1 Å². The van der Waals surface area contributed by atoms with Gasteiger partial charge in [0.1, 0.15) is 28.5 Å². The van der Waals surface area contributed by atoms with E-state index in [0.29, 0.717) is 24.8 Å². The second-order valence-electron chi connectivity index (χ2n) is 8.06. The minimum Gasteiger partial charge on any atom is -0.488 e. The number of ether oxygens (including phenoxy) is 1. The van der Waals surface area contributed by atoms with Crippen LogP contribution in [-0.4, -0.2) is 29.8 Å². The second kappa shape index (κ2) is 9.15. The maximum Gasteiger partial charge on any atom is 0.191 e. The van der Waals surface area contributed by atoms with Gasteiger partial charge in [-0.3, -0.25) is 0 Å². The number of aliphatic hydroxyl groups is 1. The molecule has 0 aliphatic heterocycles. The van der Waals surface area contributed by atoms with Crippen LogP contribution in [0, 0.1) is 6.92 Å². The first-order valence-electron chi connectivity index (χ1n) is 9.69. The number of hydrogen-bond donors (Lipinski definition) is 3. The molecule has 0 bridgehead atoms. The summed E-state index contributed by atoms with van der Waals surface area (Å²) in [4.78, 5) is 4.65. The highest BCUT2D eigenvalue weighted by atomic mass is 16.5. The zero-order valence-electron chi connectivity index (χ0n) is 17.8. The molecular formula is C22H33N3O3. The van der Waals surface area contributed by atoms with Crippen LogP contribution in [-0.2, 0) is 12.1 Å². The quantitative estimate of drug-likeness (QED) is 0.498. The molecule has 0 saturated heterocycles. The van der Waals surface area contributed by atoms with Crippen LogP contribution >= 0.6 is 0 Å². The Hall–Kier alpha value is -2.47. The smallest absolute Gasteiger partial charge is 0.191 e. The van der Waals surface area contributed by atoms with E-state index in [4.69, 9.17) is 9.15 Å². The molecule has 1 aromatic heterocycles. The van der Waals surface area contributed by atoms with Crippen molar-refractivity contribution in [1.29, 1.82) is 0 Å². The molecule has 0 amide bonds. The lowest BCUT2D eigenvalue weighted by Crippen LogP contribution is -2.44. The number of hydrogen-bond acceptors (Lipinski definition) is 4. The molecule has 0 radical (unpaired) electrons. The normalized spacial score (nSPS) is 14.5. The Morgan fingerprint density at radius 2 is 1.82 bits per heavy atom. The van der Waals surface area contributed by atoms with E-state index < -0.39 is 5.60 Å². The fraction of sp³-hybridized carbons (Fsp3) is 0.500. The number of aryl methyl sites for hydroxylation is 1. The summed E-state index contributed by atoms with van der Waals surface area (Å²) in [6.07, 6.45) is 0. The van der Waals surface area contributed by atoms with E-state index in [0.717, 1.165) is 17.1 Å². The first-order chi connectivity index (χ1) is 13.1. The topological polar surface area (TPSA) is 79.0 Å². The van der Waals surface area contributed by atoms with Crippen molar-refractivity contribution < 1.29 is 14.3 Å². The van der Waals surface area contributed by atoms with Crippen LogP contribution in [0.5, 0.6) is 5.75 Å². The summed E-state index contributed by atoms with van der Waals surface area (Å²) >= 11 is 0. The molecule has 0 aliphatic carbocycles. The first-order valence-corrected chi connectivity index (χ1v) is 9.69. The third-order valence-corrected chi connectivity index (χ3v) is 4.01. The summed E-state index contributed by atoms with van der Waals surface area (Å²) < 4.78 is 11.6. The summed E-state index contributed by atoms with van der Waals surface area (Å²) in [5.74, 6) is 2.74. The van der Waals surface area contributed by atoms with Crippen LogP contribution in [0.3, 0.4) is 0 Å². The van der Waals surface area contributed by atoms with Gasteiger partial charge >= 0.3 is 0 Å². The summed E-state index contributed by atoms with van der Waals surface area (Å²) in [6, 6.07) is 11.5. The number of aliphatic imine (C=N–C) groups is 1. The van der Waals surface area contributed by atoms with E-state index in [9.17, 15) is 5.11 Å². The standard InChI is InChI=1S/C22H33N3O3/c1-7-23-20(25-15-22(6,26)19-13-12-16(2)27-19)24-14-17-10-8-9-11-18(17)28-21(3,4)5/h8-13,26H,7,14-15H2,1-6H3,(H2,23,24,25). The van der Waals surface area contributed by atoms with Gasteiger partial charge in [-0.1, -0.05) is 18.2 Å². The Bertz CT molecular complexity index is 788. The zero-order chi connectivity index (χ0) is 20.8. The van der Waals surface area contributed by atoms with Gasteiger partial charge < -0.3 is 24.9 Å². The van der Waals surface area contributed by atoms with E-state index in [1.54, 1.807) is 13.0 Å². The van der Waals surface area contributed by atoms with E-state index in [-0.39, 0.29) is 12.1 Å². The molecule has 1 aromatic carbocycles. The molecule has 2 aromatic rings. The maximum atomic E-state index is 10.7. The van der Waals surface area contributed by atoms with Crippen molar-refractivity contribution in [2.24, 2.45) is 4.99 Å². The molecule has 2 rings (SSSR count). The SMILES string of the molecule is CCNC(=NCc1ccccc1OC(C)(C)C)NCC(C)(O)c1ccc(C)o1. The lowest BCUT2D eigenvalue weighted by atomic mass is 10.0. The van der Waals surface area contributed by atoms with Gasteiger partial charge in [-0.05, 0) is 59.7 Å². The predicted octanol–water partition coefficient (Wildman–Crippen LogP) is 3.73. The largest absolute Gasteiger partial charge is 0.488 e. The number of guanidine groups is 1. The van der Waals surface area contributed by atoms with Crippen LogP contribution < -0.4 is 15.4 Å². The molecule has 0 fully saturated rings. The highest BCUT2D eigenvalue weighted by Gasteiger charge is 2.27. The molecule has 1 unspecified atom stereocenters. The Balaban J connectivity index is 2.09. The lowest BCUT2D eigenvalue weighted by molar-refractivity contribution is 0.0378. The number of nitrogens with zero attached hydrogens (tertiary/aromatic N) is 1. The first kappa shape index (κ1) is 21.8. The van der Waals surface area contributed by atoms with E-state index >= 15 is 0 Å². The number of rotatable bonds is 7. The third-order valence-electron chi connectivity index (χ3n) is 4.01. The number of furan rings is 1. The molecule has 6 nitrogen and oxygen atoms in total. The van der Waals surface area contributed by atoms with Crippen molar-refractivity contribution in [3.63, 3.8) is 0 Å². The Labute approximate surface area is 168 Å². The molecular weight excluding hydrogens is 354 g/mol. The van der Waals surface area contributed by atoms with Gasteiger partial charge in [0.2, 0.25) is 0 Å². The van der Waals surface area contributed by atoms with E-state index in [1.165, 1.54) is 0 Å². The van der Waals surface area contributed by atoms with Crippen LogP contribution in [0.25, 0.3) is 0 Å². The maximum absolute atomic E-state index is 10.7. The van der Waals surface area contributed by atoms with Crippen molar-refractivity contribution in [1.82, 2.24) is 10.6 Å². The highest BCUT2D eigenvalue weighted by Crippen LogP contribution is 2.24. The minimum atomic E-state index is -1.14. The van der Waals surface area contributed by atoms with Crippen molar-refractivity contribution in [3.05, 3.63) is 53.5 Å². The van der Waals surface area contributed by atoms with Crippen LogP contribution in [0.15, 0.2) is 45.8 Å². The summed E-state index contributed by atoms with van der Waals surface area (Å²) in [5, 5.41) is 17.1. The van der Waals surface area contributed by atoms with E-state index in [2.05, 4.69) is 15.6 Å². The fourth-order valence-electron chi connectivity index (χ4n) is 2.64. The zero-order valence-corrected chi connectivity index (χ0v) is 17.8. The van der Waals surface area contributed by atoms with Crippen molar-refractivity contribution in [3.8, 4) is 5.75 Å². The van der Waals surface area contributed by atoms with Gasteiger partial charge in [0, 0.05) is 12.1 Å². The van der Waals surface area contributed by atoms with Gasteiger partial charge in [-0.15, -0.1) is 0 Å². The average molecular weight is 388 g/mol. The van der Waals surface area contributed by atoms with Crippen molar-refractivity contribution in [2.45, 2.75) is 59.3 Å². The number of nitrogens with one attached hydrogen (secondary N) is 2. The number of benzene rings is 1. The van der Waals surface area contributed by atoms with Gasteiger partial charge in [0.15, 0.2) is 5.96 Å². The highest BCUT2D eigenvalue weighted by molar-refractivity contribution is 5.79. The molecule has 154 valence electrons. The molecule has 1 heterocycles. The molecule has 1 atom stereocenters. The molecule has 0 aliphatic rings. The Morgan fingerprint density at radius 3 is 2.43 bits per heavy atom. The van der Waals surface area contributed by atoms with Gasteiger partial charge in [0.05, 0.1) is 13.1 Å². The van der Waals surface area contributed by atoms with Crippen LogP contribution in [0.1, 0.15) is 51.7 Å². The lowest BCUT2D eigenvalue weighted by Gasteiger charge is -2.24. The summed E-state index contributed by atoms with van der Waals surface area (Å²) in [6.45, 7) is 13.1. The molecule has 0 spiro atoms. The fourth-order valence-corrected chi connectivity index (χ4v) is 2.64. The van der Waals surface area contributed by atoms with E-state index in [1.807, 2.05) is 65.0 Å². The predicted molar refractivity (Wildman–Crippen MR) is 113 cm³/mol. The van der Waals surface area contributed by atoms with Crippen LogP contribution in [0.2, 0.25) is 0 Å². The second-order valence-corrected chi connectivity index (χ2v) is 8.06. The van der Waals surface area contributed by atoms with Gasteiger partial charge in [-0.25, -0.2) is 4.99 Å². The van der Waals surface area contributed by atoms with Crippen molar-refractivity contribution >= 4 is 5.96 Å². The van der Waals surface area contributed by atoms with Gasteiger partial charge in [-0.2, -0.15) is 0 Å². The van der Waals surface area contributed by atoms with Gasteiger partial charge in [0.25, 0.3) is 0 Å². The van der Waals surface area contributed by atoms with Crippen LogP contribution in [0.4, 0.5) is 0 Å². The minimum absolute atomic E-state index is 0.270. The Morgan fingerprint density at radius 1 is 1.11 bits per heavy atom. The monoisotopic (exact) mass is 387 g/mol. The third kappa shape index (κ3) is 6.60. The number of para-hydroxylation sites is 1. The molecule has 3 N–H and O–H groups in total. The summed E-state index contributed by atoms with van der Waals surface area (Å²) in [7, 11) is 0. The average Bonchev–Trinajstić information content (AvgIpc) is 3.05.